The molecule has 0 N–H and O–H groups in total. The van der Waals surface area contributed by atoms with E-state index in [4.69, 9.17) is 0 Å². The average molecular weight is 171 g/mol. The van der Waals surface area contributed by atoms with Crippen LogP contribution in [-0.4, -0.2) is 35.8 Å². The van der Waals surface area contributed by atoms with Crippen molar-refractivity contribution in [1.82, 2.24) is 4.90 Å². The first-order valence-corrected chi connectivity index (χ1v) is 4.02. The summed E-state index contributed by atoms with van der Waals surface area (Å²) in [7, 11) is 1.50. The molecule has 1 unspecified atom stereocenters. The molecule has 1 heterocycles. The van der Waals surface area contributed by atoms with Crippen LogP contribution in [0.4, 0.5) is 13.2 Å². The molecule has 1 rings (SSSR count). The maximum atomic E-state index is 12.0. The number of hydrogen-bond donors (Lipinski definition) is 0. The van der Waals surface area contributed by atoms with Crippen LogP contribution < -0.4 is 0 Å². The summed E-state index contributed by atoms with van der Waals surface area (Å²) in [6.07, 6.45) is -4.04. The highest BCUT2D eigenvalue weighted by molar-refractivity contribution is 7.99. The summed E-state index contributed by atoms with van der Waals surface area (Å²) in [5.74, 6) is 0.671. The van der Waals surface area contributed by atoms with E-state index in [1.807, 2.05) is 0 Å². The van der Waals surface area contributed by atoms with Crippen LogP contribution in [0, 0.1) is 0 Å². The first kappa shape index (κ1) is 8.20. The fraction of sp³-hybridized carbons (Fsp3) is 1.00. The summed E-state index contributed by atoms with van der Waals surface area (Å²) in [6, 6.07) is -1.22. The topological polar surface area (TPSA) is 3.24 Å². The molecule has 1 saturated heterocycles. The van der Waals surface area contributed by atoms with Crippen molar-refractivity contribution in [3.63, 3.8) is 0 Å². The van der Waals surface area contributed by atoms with Gasteiger partial charge in [0, 0.05) is 11.6 Å². The van der Waals surface area contributed by atoms with E-state index < -0.39 is 12.2 Å². The van der Waals surface area contributed by atoms with Crippen LogP contribution in [0.3, 0.4) is 0 Å². The fourth-order valence-electron chi connectivity index (χ4n) is 0.870. The summed E-state index contributed by atoms with van der Waals surface area (Å²) in [6.45, 7) is 0. The number of thioether (sulfide) groups is 1. The fourth-order valence-corrected chi connectivity index (χ4v) is 2.11. The highest BCUT2D eigenvalue weighted by Crippen LogP contribution is 2.31. The summed E-state index contributed by atoms with van der Waals surface area (Å²) in [4.78, 5) is 1.32. The van der Waals surface area contributed by atoms with Crippen molar-refractivity contribution in [2.45, 2.75) is 12.2 Å². The third kappa shape index (κ3) is 1.58. The zero-order valence-electron chi connectivity index (χ0n) is 5.48. The third-order valence-corrected chi connectivity index (χ3v) is 2.62. The second-order valence-corrected chi connectivity index (χ2v) is 3.31. The van der Waals surface area contributed by atoms with Crippen LogP contribution >= 0.6 is 11.8 Å². The quantitative estimate of drug-likeness (QED) is 0.544. The predicted molar refractivity (Wildman–Crippen MR) is 34.9 cm³/mol. The lowest BCUT2D eigenvalue weighted by molar-refractivity contribution is -0.169. The Labute approximate surface area is 61.6 Å². The molecular formula is C5H8F3NS. The third-order valence-electron chi connectivity index (χ3n) is 1.48. The van der Waals surface area contributed by atoms with E-state index >= 15 is 0 Å². The van der Waals surface area contributed by atoms with Gasteiger partial charge >= 0.3 is 6.18 Å². The molecule has 0 aromatic heterocycles. The number of hydrogen-bond acceptors (Lipinski definition) is 2. The Balaban J connectivity index is 2.55. The van der Waals surface area contributed by atoms with Gasteiger partial charge in [0.1, 0.15) is 6.04 Å². The molecule has 5 heteroatoms. The first-order valence-electron chi connectivity index (χ1n) is 2.86. The Morgan fingerprint density at radius 3 is 2.30 bits per heavy atom. The minimum absolute atomic E-state index is 0.181. The maximum Gasteiger partial charge on any atom is 0.404 e. The van der Waals surface area contributed by atoms with E-state index in [-0.39, 0.29) is 5.75 Å². The molecule has 0 spiro atoms. The van der Waals surface area contributed by atoms with Gasteiger partial charge in [0.25, 0.3) is 0 Å². The van der Waals surface area contributed by atoms with E-state index in [1.54, 1.807) is 0 Å². The van der Waals surface area contributed by atoms with E-state index in [9.17, 15) is 13.2 Å². The van der Waals surface area contributed by atoms with Crippen LogP contribution in [0.5, 0.6) is 0 Å². The highest BCUT2D eigenvalue weighted by Gasteiger charge is 2.44. The second-order valence-electron chi connectivity index (χ2n) is 2.31. The lowest BCUT2D eigenvalue weighted by atomic mass is 10.3. The minimum atomic E-state index is -4.04. The molecule has 0 aliphatic carbocycles. The van der Waals surface area contributed by atoms with Crippen molar-refractivity contribution in [2.75, 3.05) is 18.7 Å². The van der Waals surface area contributed by atoms with Crippen molar-refractivity contribution in [3.05, 3.63) is 0 Å². The van der Waals surface area contributed by atoms with E-state index in [0.29, 0.717) is 5.88 Å². The van der Waals surface area contributed by atoms with Crippen LogP contribution in [-0.2, 0) is 0 Å². The summed E-state index contributed by atoms with van der Waals surface area (Å²) in [5.41, 5.74) is 0. The molecule has 1 aliphatic rings. The van der Waals surface area contributed by atoms with Crippen molar-refractivity contribution in [3.8, 4) is 0 Å². The number of nitrogens with zero attached hydrogens (tertiary/aromatic N) is 1. The lowest BCUT2D eigenvalue weighted by Gasteiger charge is -2.20. The second kappa shape index (κ2) is 2.62. The number of rotatable bonds is 0. The molecule has 0 amide bonds. The zero-order chi connectivity index (χ0) is 7.78. The maximum absolute atomic E-state index is 12.0. The van der Waals surface area contributed by atoms with Gasteiger partial charge in [-0.05, 0) is 7.05 Å². The SMILES string of the molecule is CN1CSCC1C(F)(F)F. The average Bonchev–Trinajstić information content (AvgIpc) is 2.11. The van der Waals surface area contributed by atoms with E-state index in [0.717, 1.165) is 0 Å². The van der Waals surface area contributed by atoms with Crippen LogP contribution in [0.2, 0.25) is 0 Å². The van der Waals surface area contributed by atoms with Crippen LogP contribution in [0.1, 0.15) is 0 Å². The standard InChI is InChI=1S/C5H8F3NS/c1-9-3-10-2-4(9)5(6,7)8/h4H,2-3H2,1H3. The molecule has 0 aromatic carbocycles. The summed E-state index contributed by atoms with van der Waals surface area (Å²) in [5, 5.41) is 0. The first-order chi connectivity index (χ1) is 4.52. The molecule has 0 aromatic rings. The van der Waals surface area contributed by atoms with Gasteiger partial charge in [-0.15, -0.1) is 11.8 Å². The van der Waals surface area contributed by atoms with Crippen LogP contribution in [0.15, 0.2) is 0 Å². The van der Waals surface area contributed by atoms with E-state index in [2.05, 4.69) is 0 Å². The molecule has 0 saturated carbocycles. The molecule has 1 atom stereocenters. The molecule has 10 heavy (non-hydrogen) atoms. The van der Waals surface area contributed by atoms with Gasteiger partial charge < -0.3 is 0 Å². The Bertz CT molecular complexity index is 125. The Morgan fingerprint density at radius 2 is 2.10 bits per heavy atom. The normalized spacial score (nSPS) is 29.4. The van der Waals surface area contributed by atoms with E-state index in [1.165, 1.54) is 23.7 Å². The molecule has 0 bridgehead atoms. The molecule has 60 valence electrons. The van der Waals surface area contributed by atoms with Gasteiger partial charge in [-0.3, -0.25) is 4.90 Å². The molecule has 1 aliphatic heterocycles. The number of alkyl halides is 3. The van der Waals surface area contributed by atoms with Gasteiger partial charge in [-0.1, -0.05) is 0 Å². The van der Waals surface area contributed by atoms with Crippen molar-refractivity contribution < 1.29 is 13.2 Å². The lowest BCUT2D eigenvalue weighted by Crippen LogP contribution is -2.40. The summed E-state index contributed by atoms with van der Waals surface area (Å²) < 4.78 is 35.9. The zero-order valence-corrected chi connectivity index (χ0v) is 6.30. The molecule has 0 radical (unpaired) electrons. The summed E-state index contributed by atoms with van der Waals surface area (Å²) >= 11 is 1.32. The molecule has 1 nitrogen and oxygen atoms in total. The Kier molecular flexibility index (Phi) is 2.15. The smallest absolute Gasteiger partial charge is 0.285 e. The van der Waals surface area contributed by atoms with Gasteiger partial charge in [0.2, 0.25) is 0 Å². The Morgan fingerprint density at radius 1 is 1.50 bits per heavy atom. The monoisotopic (exact) mass is 171 g/mol. The minimum Gasteiger partial charge on any atom is -0.285 e. The van der Waals surface area contributed by atoms with Crippen LogP contribution in [0.25, 0.3) is 0 Å². The largest absolute Gasteiger partial charge is 0.404 e. The van der Waals surface area contributed by atoms with Gasteiger partial charge in [0.05, 0.1) is 0 Å². The predicted octanol–water partition coefficient (Wildman–Crippen LogP) is 1.55. The molecular weight excluding hydrogens is 163 g/mol. The highest BCUT2D eigenvalue weighted by atomic mass is 32.2. The van der Waals surface area contributed by atoms with Crippen molar-refractivity contribution >= 4 is 11.8 Å². The Hall–Kier alpha value is 0.100. The van der Waals surface area contributed by atoms with Crippen molar-refractivity contribution in [2.24, 2.45) is 0 Å². The molecule has 1 fully saturated rings. The van der Waals surface area contributed by atoms with Gasteiger partial charge in [0.15, 0.2) is 0 Å². The number of halogens is 3. The van der Waals surface area contributed by atoms with Gasteiger partial charge in [-0.25, -0.2) is 0 Å². The van der Waals surface area contributed by atoms with Gasteiger partial charge in [-0.2, -0.15) is 13.2 Å². The van der Waals surface area contributed by atoms with Crippen molar-refractivity contribution in [1.29, 1.82) is 0 Å².